The average molecular weight is 1870 g/mol. The van der Waals surface area contributed by atoms with Crippen LogP contribution in [-0.2, 0) is 16.2 Å². The van der Waals surface area contributed by atoms with Crippen LogP contribution in [0.15, 0.2) is 497 Å². The molecule has 28 aromatic rings. The molecule has 147 heavy (non-hydrogen) atoms. The van der Waals surface area contributed by atoms with Gasteiger partial charge in [-0.3, -0.25) is 0 Å². The molecule has 3 aliphatic carbocycles. The molecule has 0 saturated heterocycles. The molecule has 0 spiro atoms. The van der Waals surface area contributed by atoms with Crippen LogP contribution < -0.4 is 0 Å². The molecule has 0 radical (unpaired) electrons. The largest absolute Gasteiger partial charge is 0.0616 e. The zero-order valence-electron chi connectivity index (χ0n) is 82.8. The Labute approximate surface area is 856 Å². The van der Waals surface area contributed by atoms with E-state index in [0.29, 0.717) is 0 Å². The molecule has 0 N–H and O–H groups in total. The van der Waals surface area contributed by atoms with Crippen molar-refractivity contribution in [2.45, 2.75) is 57.8 Å². The van der Waals surface area contributed by atoms with Crippen molar-refractivity contribution in [2.24, 2.45) is 0 Å². The molecule has 0 bridgehead atoms. The molecule has 0 aromatic heterocycles. The number of hydrogen-bond donors (Lipinski definition) is 0. The molecule has 0 heteroatoms. The van der Waals surface area contributed by atoms with Gasteiger partial charge >= 0.3 is 0 Å². The van der Waals surface area contributed by atoms with E-state index in [9.17, 15) is 0 Å². The van der Waals surface area contributed by atoms with Crippen molar-refractivity contribution >= 4 is 129 Å². The van der Waals surface area contributed by atoms with Crippen molar-refractivity contribution in [3.63, 3.8) is 0 Å². The van der Waals surface area contributed by atoms with Gasteiger partial charge < -0.3 is 0 Å². The molecule has 0 fully saturated rings. The molecule has 0 saturated carbocycles. The summed E-state index contributed by atoms with van der Waals surface area (Å²) in [6.07, 6.45) is 0. The molecule has 0 amide bonds. The molecule has 3 aliphatic rings. The van der Waals surface area contributed by atoms with Crippen molar-refractivity contribution in [1.29, 1.82) is 0 Å². The van der Waals surface area contributed by atoms with Crippen molar-refractivity contribution in [3.8, 4) is 145 Å². The lowest BCUT2D eigenvalue weighted by Gasteiger charge is -2.23. The molecule has 0 unspecified atom stereocenters. The highest BCUT2D eigenvalue weighted by Crippen LogP contribution is 2.57. The molecule has 28 aromatic carbocycles. The summed E-state index contributed by atoms with van der Waals surface area (Å²) in [6.45, 7) is 14.3. The molecule has 31 rings (SSSR count). The van der Waals surface area contributed by atoms with Crippen LogP contribution >= 0.6 is 0 Å². The smallest absolute Gasteiger partial charge is 0.0159 e. The average Bonchev–Trinajstić information content (AvgIpc) is 1.71. The van der Waals surface area contributed by atoms with Gasteiger partial charge in [-0.05, 0) is 368 Å². The van der Waals surface area contributed by atoms with Crippen LogP contribution in [-0.4, -0.2) is 0 Å². The van der Waals surface area contributed by atoms with E-state index in [1.807, 2.05) is 0 Å². The second kappa shape index (κ2) is 33.1. The second-order valence-corrected chi connectivity index (χ2v) is 42.8. The van der Waals surface area contributed by atoms with Crippen LogP contribution in [0.1, 0.15) is 74.9 Å². The number of hydrogen-bond acceptors (Lipinski definition) is 0. The van der Waals surface area contributed by atoms with Crippen LogP contribution in [0.2, 0.25) is 0 Å². The van der Waals surface area contributed by atoms with Gasteiger partial charge in [0.2, 0.25) is 0 Å². The molecule has 0 heterocycles. The Bertz CT molecular complexity index is 10300. The van der Waals surface area contributed by atoms with Crippen LogP contribution in [0.25, 0.3) is 274 Å². The maximum absolute atomic E-state index is 2.46. The lowest BCUT2D eigenvalue weighted by Crippen LogP contribution is -2.15. The highest BCUT2D eigenvalue weighted by molar-refractivity contribution is 6.28. The van der Waals surface area contributed by atoms with E-state index in [2.05, 4.69) is 539 Å². The van der Waals surface area contributed by atoms with E-state index in [-0.39, 0.29) is 16.2 Å². The Morgan fingerprint density at radius 3 is 0.626 bits per heavy atom. The van der Waals surface area contributed by atoms with Gasteiger partial charge in [-0.25, -0.2) is 0 Å². The van der Waals surface area contributed by atoms with Crippen molar-refractivity contribution < 1.29 is 0 Å². The minimum Gasteiger partial charge on any atom is -0.0616 e. The van der Waals surface area contributed by atoms with Gasteiger partial charge in [0.25, 0.3) is 0 Å². The summed E-state index contributed by atoms with van der Waals surface area (Å²) in [7, 11) is 0. The van der Waals surface area contributed by atoms with Crippen LogP contribution in [0, 0.1) is 0 Å². The highest BCUT2D eigenvalue weighted by Gasteiger charge is 2.40. The lowest BCUT2D eigenvalue weighted by atomic mass is 9.80. The quantitative estimate of drug-likeness (QED) is 0.120. The van der Waals surface area contributed by atoms with E-state index >= 15 is 0 Å². The van der Waals surface area contributed by atoms with Crippen molar-refractivity contribution in [3.05, 3.63) is 531 Å². The summed E-state index contributed by atoms with van der Waals surface area (Å²) < 4.78 is 0. The zero-order valence-corrected chi connectivity index (χ0v) is 82.8. The first kappa shape index (κ1) is 85.8. The third-order valence-corrected chi connectivity index (χ3v) is 33.6. The highest BCUT2D eigenvalue weighted by atomic mass is 14.4. The minimum atomic E-state index is -0.127. The molecular formula is C147H100. The number of rotatable bonds is 10. The predicted octanol–water partition coefficient (Wildman–Crippen LogP) is 40.8. The van der Waals surface area contributed by atoms with E-state index in [1.165, 1.54) is 307 Å². The fraction of sp³-hybridized carbons (Fsp3) is 0.0612. The first-order chi connectivity index (χ1) is 72.1. The fourth-order valence-corrected chi connectivity index (χ4v) is 25.9. The maximum atomic E-state index is 2.46. The van der Waals surface area contributed by atoms with Gasteiger partial charge in [0, 0.05) is 16.2 Å². The Morgan fingerprint density at radius 2 is 0.286 bits per heavy atom. The molecule has 688 valence electrons. The normalized spacial score (nSPS) is 13.4. The first-order valence-electron chi connectivity index (χ1n) is 51.8. The topological polar surface area (TPSA) is 0 Å². The van der Waals surface area contributed by atoms with Crippen molar-refractivity contribution in [1.82, 2.24) is 0 Å². The van der Waals surface area contributed by atoms with Gasteiger partial charge in [-0.2, -0.15) is 0 Å². The van der Waals surface area contributed by atoms with Crippen molar-refractivity contribution in [2.75, 3.05) is 0 Å². The first-order valence-corrected chi connectivity index (χ1v) is 51.8. The van der Waals surface area contributed by atoms with Crippen LogP contribution in [0.4, 0.5) is 0 Å². The second-order valence-electron chi connectivity index (χ2n) is 42.8. The maximum Gasteiger partial charge on any atom is 0.0159 e. The Kier molecular flexibility index (Phi) is 19.3. The fourth-order valence-electron chi connectivity index (χ4n) is 25.9. The molecule has 0 aliphatic heterocycles. The summed E-state index contributed by atoms with van der Waals surface area (Å²) in [6, 6.07) is 186. The summed E-state index contributed by atoms with van der Waals surface area (Å²) in [4.78, 5) is 0. The van der Waals surface area contributed by atoms with Crippen LogP contribution in [0.3, 0.4) is 0 Å². The van der Waals surface area contributed by atoms with Gasteiger partial charge in [0.15, 0.2) is 0 Å². The zero-order chi connectivity index (χ0) is 97.8. The third-order valence-electron chi connectivity index (χ3n) is 33.6. The molecule has 0 nitrogen and oxygen atoms in total. The van der Waals surface area contributed by atoms with E-state index < -0.39 is 0 Å². The van der Waals surface area contributed by atoms with E-state index in [0.717, 1.165) is 0 Å². The third kappa shape index (κ3) is 13.8. The number of benzene rings is 28. The summed E-state index contributed by atoms with van der Waals surface area (Å²) >= 11 is 0. The molecule has 0 atom stereocenters. The number of fused-ring (bicyclic) bond motifs is 12. The van der Waals surface area contributed by atoms with Crippen LogP contribution in [0.5, 0.6) is 0 Å². The van der Waals surface area contributed by atoms with Gasteiger partial charge in [-0.1, -0.05) is 478 Å². The standard InChI is InChI=1S/C53H36.2C47H32/c1-53(2)49-31-43(35-12-10-34(11-13-35)42-21-16-33-6-3-4-7-41(33)30-42)24-27-46(49)47-28-25-44(32-50(47)53)36-14-17-37(18-15-36)45-26-22-40-20-19-38-8-5-9-39-23-29-48(45)52(40)51(38)39;1-47(2)43-27-37(35-12-6-11-34(26-35)36-16-13-29-7-3-4-8-33(29)25-36)19-22-40(43)41-23-20-38(28-44(41)47)39-21-17-32-15-14-30-9-5-10-31-18-24-42(39)46(32)45(30)31;1-47(2)43-27-35(38-13-6-5-12-37(38)34-17-14-29-8-3-4-9-33(29)26-34)20-23-40(43)41-24-21-36(28-44(41)47)39-22-18-32-16-15-30-10-7-11-31-19-25-42(39)46(32)45(30)31/h3-32H,1-2H3;2*3-28H,1-2H3. The predicted molar refractivity (Wildman–Crippen MR) is 630 cm³/mol. The molecular weight excluding hydrogens is 1770 g/mol. The van der Waals surface area contributed by atoms with Gasteiger partial charge in [0.05, 0.1) is 0 Å². The van der Waals surface area contributed by atoms with E-state index in [1.54, 1.807) is 0 Å². The monoisotopic (exact) mass is 1860 g/mol. The Balaban J connectivity index is 0.000000104. The lowest BCUT2D eigenvalue weighted by molar-refractivity contribution is 0.660. The Hall–Kier alpha value is -17.9. The van der Waals surface area contributed by atoms with E-state index in [4.69, 9.17) is 0 Å². The minimum absolute atomic E-state index is 0.108. The summed E-state index contributed by atoms with van der Waals surface area (Å²) in [5.41, 5.74) is 41.4. The van der Waals surface area contributed by atoms with Gasteiger partial charge in [0.1, 0.15) is 0 Å². The summed E-state index contributed by atoms with van der Waals surface area (Å²) in [5.74, 6) is 0. The summed E-state index contributed by atoms with van der Waals surface area (Å²) in [5, 5.41) is 31.6. The Morgan fingerprint density at radius 1 is 0.102 bits per heavy atom. The van der Waals surface area contributed by atoms with Gasteiger partial charge in [-0.15, -0.1) is 0 Å². The SMILES string of the molecule is CC1(C)c2cc(-c3ccc(-c4ccc5ccccc5c4)cc3)ccc2-c2ccc(-c3ccc(-c4ccc5ccc6cccc7ccc4c5c67)cc3)cc21.CC1(C)c2cc(-c3cccc(-c4ccc5ccccc5c4)c3)ccc2-c2ccc(-c3ccc4ccc5cccc6ccc3c4c56)cc21.CC1(C)c2cc(-c3ccccc3-c3ccc4ccccc4c3)ccc2-c2ccc(-c3ccc4ccc5cccc6ccc3c4c56)cc21.